The Morgan fingerprint density at radius 3 is 1.51 bits per heavy atom. The third-order valence-electron chi connectivity index (χ3n) is 12.5. The molecule has 0 saturated carbocycles. The van der Waals surface area contributed by atoms with Gasteiger partial charge in [0.15, 0.2) is 5.82 Å². The SMILES string of the molecule is O=C(/C=C/c1ccc2c(c1)nc(-c1ccccn1)n2CCCO)NO.O=C(/C=C/c1ccc2c(c1)nc(-c1ccncc1)n2CCCO)NO.O=C(/C=C/c1ccc2c(c1)nc(CCc1ccccc1)n2Cc1cccnc1)NO. The average Bonchev–Trinajstić information content (AvgIpc) is 4.22. The van der Waals surface area contributed by atoms with Crippen molar-refractivity contribution in [3.05, 3.63) is 210 Å². The lowest BCUT2D eigenvalue weighted by molar-refractivity contribution is -0.124. The Kier molecular flexibility index (Phi) is 20.1. The third kappa shape index (κ3) is 15.0. The fourth-order valence-corrected chi connectivity index (χ4v) is 8.69. The summed E-state index contributed by atoms with van der Waals surface area (Å²) in [4.78, 5) is 60.4. The number of carbonyl (C=O) groups is 3. The first-order chi connectivity index (χ1) is 39.2. The summed E-state index contributed by atoms with van der Waals surface area (Å²) in [6, 6.07) is 41.0. The molecule has 0 unspecified atom stereocenters. The molecule has 0 fully saturated rings. The van der Waals surface area contributed by atoms with Gasteiger partial charge in [-0.2, -0.15) is 0 Å². The lowest BCUT2D eigenvalue weighted by Crippen LogP contribution is -2.14. The molecule has 6 aromatic heterocycles. The van der Waals surface area contributed by atoms with Gasteiger partial charge in [-0.05, 0) is 132 Å². The molecular weight excluding hydrogens is 1020 g/mol. The van der Waals surface area contributed by atoms with Crippen LogP contribution in [0.4, 0.5) is 0 Å². The van der Waals surface area contributed by atoms with Crippen LogP contribution in [-0.2, 0) is 46.9 Å². The van der Waals surface area contributed by atoms with E-state index in [1.54, 1.807) is 59.5 Å². The molecule has 3 amide bonds. The summed E-state index contributed by atoms with van der Waals surface area (Å²) in [6.07, 6.45) is 20.4. The number of nitrogens with zero attached hydrogens (tertiary/aromatic N) is 9. The zero-order valence-electron chi connectivity index (χ0n) is 43.3. The van der Waals surface area contributed by atoms with Gasteiger partial charge in [0, 0.05) is 87.5 Å². The lowest BCUT2D eigenvalue weighted by Gasteiger charge is -2.09. The zero-order valence-corrected chi connectivity index (χ0v) is 43.3. The molecule has 0 spiro atoms. The number of rotatable bonds is 19. The van der Waals surface area contributed by atoms with E-state index in [1.807, 2.05) is 108 Å². The quantitative estimate of drug-likeness (QED) is 0.0218. The minimum absolute atomic E-state index is 0.0957. The lowest BCUT2D eigenvalue weighted by atomic mass is 10.1. The number of benzene rings is 4. The minimum atomic E-state index is -0.595. The second kappa shape index (κ2) is 28.5. The standard InChI is InChI=1S/C24H22N4O2.2C18H18N4O3/c29-24(27-30)13-10-19-8-11-22-21(15-19)26-23(12-9-18-5-2-1-3-6-18)28(22)17-20-7-4-14-25-16-20;23-11-1-10-22-16-4-2-13(3-5-17(24)21-25)12-15(16)20-18(22)14-6-8-19-9-7-14;23-11-3-10-22-16-7-5-13(6-8-17(24)21-25)12-15(16)20-18(22)14-4-1-2-9-19-14/h1-8,10-11,13-16,30H,9,12,17H2,(H,27,29);2-9,12,23,25H,1,10-11H2,(H,21,24);1-2,4-9,12,23,25H,3,10-11H2,(H,21,24)/b13-10+;5-3+;8-6+. The Morgan fingerprint density at radius 1 is 0.487 bits per heavy atom. The third-order valence-corrected chi connectivity index (χ3v) is 12.5. The summed E-state index contributed by atoms with van der Waals surface area (Å²) in [6.45, 7) is 2.16. The molecule has 8 N–H and O–H groups in total. The van der Waals surface area contributed by atoms with Gasteiger partial charge in [0.1, 0.15) is 17.3 Å². The van der Waals surface area contributed by atoms with Gasteiger partial charge in [0.25, 0.3) is 17.7 Å². The number of aliphatic hydroxyl groups is 2. The van der Waals surface area contributed by atoms with E-state index in [0.717, 1.165) is 96.9 Å². The highest BCUT2D eigenvalue weighted by atomic mass is 16.5. The van der Waals surface area contributed by atoms with E-state index in [4.69, 9.17) is 25.6 Å². The molecular formula is C60H58N12O8. The Hall–Kier alpha value is -9.83. The van der Waals surface area contributed by atoms with Crippen molar-refractivity contribution in [3.8, 4) is 22.9 Å². The number of hydrogen-bond donors (Lipinski definition) is 8. The number of fused-ring (bicyclic) bond motifs is 3. The first kappa shape index (κ1) is 56.4. The van der Waals surface area contributed by atoms with Crippen LogP contribution in [0.3, 0.4) is 0 Å². The van der Waals surface area contributed by atoms with Crippen LogP contribution in [-0.4, -0.2) is 100 Å². The molecule has 0 bridgehead atoms. The molecule has 0 aliphatic carbocycles. The number of aliphatic hydroxyl groups excluding tert-OH is 2. The van der Waals surface area contributed by atoms with Crippen molar-refractivity contribution in [1.29, 1.82) is 0 Å². The van der Waals surface area contributed by atoms with E-state index in [0.29, 0.717) is 32.5 Å². The minimum Gasteiger partial charge on any atom is -0.396 e. The molecule has 0 aliphatic heterocycles. The second-order valence-electron chi connectivity index (χ2n) is 17.9. The van der Waals surface area contributed by atoms with E-state index in [2.05, 4.69) is 59.4 Å². The summed E-state index contributed by atoms with van der Waals surface area (Å²) in [5.74, 6) is 0.792. The number of nitrogens with one attached hydrogen (secondary N) is 3. The van der Waals surface area contributed by atoms with Crippen LogP contribution in [0.1, 0.15) is 46.5 Å². The van der Waals surface area contributed by atoms with E-state index in [-0.39, 0.29) is 13.2 Å². The molecule has 4 aromatic carbocycles. The topological polar surface area (TPSA) is 281 Å². The summed E-state index contributed by atoms with van der Waals surface area (Å²) in [5.41, 5.74) is 16.5. The molecule has 0 aliphatic rings. The molecule has 406 valence electrons. The van der Waals surface area contributed by atoms with E-state index < -0.39 is 17.7 Å². The largest absolute Gasteiger partial charge is 0.396 e. The highest BCUT2D eigenvalue weighted by Gasteiger charge is 2.16. The molecule has 20 nitrogen and oxygen atoms in total. The van der Waals surface area contributed by atoms with E-state index >= 15 is 0 Å². The van der Waals surface area contributed by atoms with Crippen molar-refractivity contribution in [2.45, 2.75) is 45.3 Å². The fourth-order valence-electron chi connectivity index (χ4n) is 8.69. The van der Waals surface area contributed by atoms with Crippen molar-refractivity contribution >= 4 is 69.0 Å². The first-order valence-corrected chi connectivity index (χ1v) is 25.5. The summed E-state index contributed by atoms with van der Waals surface area (Å²) < 4.78 is 6.32. The smallest absolute Gasteiger partial charge is 0.267 e. The van der Waals surface area contributed by atoms with Crippen molar-refractivity contribution in [3.63, 3.8) is 0 Å². The number of aryl methyl sites for hydroxylation is 4. The summed E-state index contributed by atoms with van der Waals surface area (Å²) in [7, 11) is 0. The molecule has 0 radical (unpaired) electrons. The predicted molar refractivity (Wildman–Crippen MR) is 303 cm³/mol. The number of amides is 3. The van der Waals surface area contributed by atoms with Crippen LogP contribution in [0.15, 0.2) is 177 Å². The molecule has 10 rings (SSSR count). The van der Waals surface area contributed by atoms with Gasteiger partial charge in [0.2, 0.25) is 0 Å². The Labute approximate surface area is 459 Å². The molecule has 6 heterocycles. The van der Waals surface area contributed by atoms with Gasteiger partial charge in [-0.1, -0.05) is 60.7 Å². The molecule has 10 aromatic rings. The van der Waals surface area contributed by atoms with Crippen LogP contribution in [0.25, 0.3) is 74.2 Å². The van der Waals surface area contributed by atoms with Crippen LogP contribution in [0.2, 0.25) is 0 Å². The number of aromatic nitrogens is 9. The maximum Gasteiger partial charge on any atom is 0.267 e. The monoisotopic (exact) mass is 1070 g/mol. The number of hydroxylamine groups is 3. The number of imidazole rings is 3. The van der Waals surface area contributed by atoms with Gasteiger partial charge in [-0.15, -0.1) is 0 Å². The zero-order chi connectivity index (χ0) is 56.1. The van der Waals surface area contributed by atoms with Crippen LogP contribution >= 0.6 is 0 Å². The fraction of sp³-hybridized carbons (Fsp3) is 0.150. The number of carbonyl (C=O) groups excluding carboxylic acids is 3. The van der Waals surface area contributed by atoms with Gasteiger partial charge >= 0.3 is 0 Å². The van der Waals surface area contributed by atoms with Gasteiger partial charge in [-0.3, -0.25) is 45.0 Å². The molecule has 0 atom stereocenters. The van der Waals surface area contributed by atoms with Crippen molar-refractivity contribution < 1.29 is 40.2 Å². The molecule has 0 saturated heterocycles. The van der Waals surface area contributed by atoms with Crippen LogP contribution in [0.5, 0.6) is 0 Å². The van der Waals surface area contributed by atoms with Crippen LogP contribution in [0, 0.1) is 0 Å². The highest BCUT2D eigenvalue weighted by Crippen LogP contribution is 2.28. The Balaban J connectivity index is 0.000000159. The van der Waals surface area contributed by atoms with Crippen molar-refractivity contribution in [2.75, 3.05) is 13.2 Å². The summed E-state index contributed by atoms with van der Waals surface area (Å²) in [5, 5.41) is 44.1. The van der Waals surface area contributed by atoms with Crippen molar-refractivity contribution in [2.24, 2.45) is 0 Å². The maximum absolute atomic E-state index is 11.3. The average molecular weight is 1080 g/mol. The van der Waals surface area contributed by atoms with Crippen LogP contribution < -0.4 is 16.4 Å². The first-order valence-electron chi connectivity index (χ1n) is 25.5. The van der Waals surface area contributed by atoms with E-state index in [1.165, 1.54) is 23.8 Å². The normalized spacial score (nSPS) is 11.3. The second-order valence-corrected chi connectivity index (χ2v) is 17.9. The van der Waals surface area contributed by atoms with Gasteiger partial charge in [-0.25, -0.2) is 31.4 Å². The van der Waals surface area contributed by atoms with Gasteiger partial charge in [0.05, 0.1) is 39.6 Å². The maximum atomic E-state index is 11.3. The Morgan fingerprint density at radius 2 is 1.00 bits per heavy atom. The van der Waals surface area contributed by atoms with Gasteiger partial charge < -0.3 is 23.9 Å². The molecule has 20 heteroatoms. The number of pyridine rings is 3. The summed E-state index contributed by atoms with van der Waals surface area (Å²) >= 11 is 0. The number of hydrogen-bond acceptors (Lipinski definition) is 14. The predicted octanol–water partition coefficient (Wildman–Crippen LogP) is 7.78. The molecule has 80 heavy (non-hydrogen) atoms. The Bertz CT molecular complexity index is 3600. The van der Waals surface area contributed by atoms with Crippen molar-refractivity contribution in [1.82, 2.24) is 60.0 Å². The highest BCUT2D eigenvalue weighted by molar-refractivity contribution is 5.93. The van der Waals surface area contributed by atoms with E-state index in [9.17, 15) is 24.6 Å².